The Kier molecular flexibility index (Phi) is 4.87. The molecule has 118 valence electrons. The average Bonchev–Trinajstić information content (AvgIpc) is 2.89. The van der Waals surface area contributed by atoms with Crippen LogP contribution in [-0.4, -0.2) is 15.6 Å². The average molecular weight is 289 g/mol. The number of hydrogen-bond acceptors (Lipinski definition) is 2. The highest BCUT2D eigenvalue weighted by atomic mass is 15.2. The second kappa shape index (κ2) is 6.85. The molecule has 0 aliphatic heterocycles. The number of aryl methyl sites for hydroxylation is 1. The van der Waals surface area contributed by atoms with E-state index in [1.807, 2.05) is 0 Å². The Hall–Kier alpha value is -0.990. The Balaban J connectivity index is 1.69. The topological polar surface area (TPSA) is 29.9 Å². The third-order valence-electron chi connectivity index (χ3n) is 5.51. The van der Waals surface area contributed by atoms with E-state index in [-0.39, 0.29) is 0 Å². The zero-order chi connectivity index (χ0) is 14.7. The Labute approximate surface area is 129 Å². The fourth-order valence-corrected chi connectivity index (χ4v) is 4.24. The van der Waals surface area contributed by atoms with Gasteiger partial charge < -0.3 is 9.88 Å². The van der Waals surface area contributed by atoms with E-state index < -0.39 is 0 Å². The molecule has 2 fully saturated rings. The smallest absolute Gasteiger partial charge is 0.203 e. The van der Waals surface area contributed by atoms with Crippen molar-refractivity contribution in [2.24, 2.45) is 5.92 Å². The molecule has 2 atom stereocenters. The Morgan fingerprint density at radius 1 is 1.14 bits per heavy atom. The summed E-state index contributed by atoms with van der Waals surface area (Å²) in [7, 11) is 0. The molecule has 0 bridgehead atoms. The molecule has 1 aromatic heterocycles. The van der Waals surface area contributed by atoms with Crippen molar-refractivity contribution in [3.63, 3.8) is 0 Å². The summed E-state index contributed by atoms with van der Waals surface area (Å²) in [6.45, 7) is 4.46. The summed E-state index contributed by atoms with van der Waals surface area (Å²) in [5, 5.41) is 3.78. The number of imidazole rings is 1. The zero-order valence-electron chi connectivity index (χ0n) is 13.8. The minimum atomic E-state index is 0.632. The SMILES string of the molecule is CCC1CCCC(Nc2nc(C)cn2C2CCCCC2)C1. The van der Waals surface area contributed by atoms with Crippen LogP contribution in [-0.2, 0) is 0 Å². The van der Waals surface area contributed by atoms with Crippen molar-refractivity contribution in [2.75, 3.05) is 5.32 Å². The first-order valence-corrected chi connectivity index (χ1v) is 9.08. The normalized spacial score (nSPS) is 27.7. The van der Waals surface area contributed by atoms with Gasteiger partial charge in [-0.25, -0.2) is 4.98 Å². The quantitative estimate of drug-likeness (QED) is 0.838. The molecule has 2 aliphatic carbocycles. The summed E-state index contributed by atoms with van der Waals surface area (Å²) in [6.07, 6.45) is 15.8. The van der Waals surface area contributed by atoms with Crippen LogP contribution in [0, 0.1) is 12.8 Å². The van der Waals surface area contributed by atoms with Gasteiger partial charge in [0, 0.05) is 18.3 Å². The Morgan fingerprint density at radius 3 is 2.71 bits per heavy atom. The second-order valence-electron chi connectivity index (χ2n) is 7.19. The molecule has 0 saturated heterocycles. The van der Waals surface area contributed by atoms with Gasteiger partial charge in [0.1, 0.15) is 0 Å². The van der Waals surface area contributed by atoms with Gasteiger partial charge in [0.05, 0.1) is 5.69 Å². The molecule has 0 radical (unpaired) electrons. The fourth-order valence-electron chi connectivity index (χ4n) is 4.24. The number of nitrogens with zero attached hydrogens (tertiary/aromatic N) is 2. The molecule has 1 aromatic rings. The lowest BCUT2D eigenvalue weighted by Crippen LogP contribution is -2.29. The molecule has 3 heteroatoms. The highest BCUT2D eigenvalue weighted by Gasteiger charge is 2.24. The fraction of sp³-hybridized carbons (Fsp3) is 0.833. The predicted octanol–water partition coefficient (Wildman–Crippen LogP) is 5.08. The molecule has 0 spiro atoms. The minimum absolute atomic E-state index is 0.632. The first-order chi connectivity index (χ1) is 10.3. The van der Waals surface area contributed by atoms with Crippen molar-refractivity contribution in [2.45, 2.75) is 90.1 Å². The van der Waals surface area contributed by atoms with E-state index in [1.165, 1.54) is 64.2 Å². The van der Waals surface area contributed by atoms with Crippen LogP contribution in [0.3, 0.4) is 0 Å². The summed E-state index contributed by atoms with van der Waals surface area (Å²) in [4.78, 5) is 4.78. The molecule has 1 N–H and O–H groups in total. The maximum Gasteiger partial charge on any atom is 0.203 e. The van der Waals surface area contributed by atoms with Crippen LogP contribution in [0.15, 0.2) is 6.20 Å². The van der Waals surface area contributed by atoms with Gasteiger partial charge in [0.15, 0.2) is 0 Å². The van der Waals surface area contributed by atoms with E-state index >= 15 is 0 Å². The number of aromatic nitrogens is 2. The lowest BCUT2D eigenvalue weighted by molar-refractivity contribution is 0.322. The Bertz CT molecular complexity index is 445. The van der Waals surface area contributed by atoms with Crippen LogP contribution >= 0.6 is 0 Å². The molecule has 0 aromatic carbocycles. The highest BCUT2D eigenvalue weighted by Crippen LogP contribution is 2.33. The predicted molar refractivity (Wildman–Crippen MR) is 88.7 cm³/mol. The maximum absolute atomic E-state index is 4.78. The molecule has 2 aliphatic rings. The van der Waals surface area contributed by atoms with Gasteiger partial charge in [-0.3, -0.25) is 0 Å². The number of nitrogens with one attached hydrogen (secondary N) is 1. The third kappa shape index (κ3) is 3.61. The van der Waals surface area contributed by atoms with Crippen LogP contribution < -0.4 is 5.32 Å². The van der Waals surface area contributed by atoms with Crippen LogP contribution in [0.4, 0.5) is 5.95 Å². The van der Waals surface area contributed by atoms with Crippen molar-refractivity contribution in [1.29, 1.82) is 0 Å². The lowest BCUT2D eigenvalue weighted by Gasteiger charge is -2.31. The van der Waals surface area contributed by atoms with E-state index in [9.17, 15) is 0 Å². The van der Waals surface area contributed by atoms with Crippen LogP contribution in [0.5, 0.6) is 0 Å². The van der Waals surface area contributed by atoms with Gasteiger partial charge >= 0.3 is 0 Å². The minimum Gasteiger partial charge on any atom is -0.353 e. The molecule has 0 amide bonds. The number of rotatable bonds is 4. The van der Waals surface area contributed by atoms with Crippen molar-refractivity contribution in [3.8, 4) is 0 Å². The number of anilines is 1. The lowest BCUT2D eigenvalue weighted by atomic mass is 9.84. The van der Waals surface area contributed by atoms with Gasteiger partial charge in [0.25, 0.3) is 0 Å². The van der Waals surface area contributed by atoms with Crippen LogP contribution in [0.2, 0.25) is 0 Å². The largest absolute Gasteiger partial charge is 0.353 e. The van der Waals surface area contributed by atoms with Crippen molar-refractivity contribution >= 4 is 5.95 Å². The highest BCUT2D eigenvalue weighted by molar-refractivity contribution is 5.31. The second-order valence-corrected chi connectivity index (χ2v) is 7.19. The van der Waals surface area contributed by atoms with E-state index in [0.29, 0.717) is 12.1 Å². The van der Waals surface area contributed by atoms with E-state index in [4.69, 9.17) is 4.98 Å². The molecule has 21 heavy (non-hydrogen) atoms. The van der Waals surface area contributed by atoms with Gasteiger partial charge in [0.2, 0.25) is 5.95 Å². The molecule has 3 nitrogen and oxygen atoms in total. The molecule has 2 saturated carbocycles. The summed E-state index contributed by atoms with van der Waals surface area (Å²) >= 11 is 0. The van der Waals surface area contributed by atoms with Crippen LogP contribution in [0.25, 0.3) is 0 Å². The van der Waals surface area contributed by atoms with E-state index in [0.717, 1.165) is 17.6 Å². The summed E-state index contributed by atoms with van der Waals surface area (Å²) in [5.41, 5.74) is 1.16. The summed E-state index contributed by atoms with van der Waals surface area (Å²) in [6, 6.07) is 1.31. The van der Waals surface area contributed by atoms with Gasteiger partial charge in [-0.2, -0.15) is 0 Å². The molecule has 2 unspecified atom stereocenters. The third-order valence-corrected chi connectivity index (χ3v) is 5.51. The van der Waals surface area contributed by atoms with E-state index in [2.05, 4.69) is 29.9 Å². The first kappa shape index (κ1) is 14.9. The maximum atomic E-state index is 4.78. The Morgan fingerprint density at radius 2 is 1.95 bits per heavy atom. The van der Waals surface area contributed by atoms with Crippen molar-refractivity contribution in [3.05, 3.63) is 11.9 Å². The van der Waals surface area contributed by atoms with E-state index in [1.54, 1.807) is 0 Å². The van der Waals surface area contributed by atoms with Crippen LogP contribution in [0.1, 0.15) is 82.9 Å². The molecular weight excluding hydrogens is 258 g/mol. The summed E-state index contributed by atoms with van der Waals surface area (Å²) < 4.78 is 2.45. The number of hydrogen-bond donors (Lipinski definition) is 1. The zero-order valence-corrected chi connectivity index (χ0v) is 13.8. The monoisotopic (exact) mass is 289 g/mol. The molecule has 1 heterocycles. The summed E-state index contributed by atoms with van der Waals surface area (Å²) in [5.74, 6) is 2.05. The first-order valence-electron chi connectivity index (χ1n) is 9.08. The van der Waals surface area contributed by atoms with Gasteiger partial charge in [-0.05, 0) is 38.5 Å². The van der Waals surface area contributed by atoms with Gasteiger partial charge in [-0.15, -0.1) is 0 Å². The van der Waals surface area contributed by atoms with Crippen molar-refractivity contribution in [1.82, 2.24) is 9.55 Å². The molecule has 3 rings (SSSR count). The van der Waals surface area contributed by atoms with Gasteiger partial charge in [-0.1, -0.05) is 45.4 Å². The standard InChI is InChI=1S/C18H31N3/c1-3-15-8-7-9-16(12-15)20-18-19-14(2)13-21(18)17-10-5-4-6-11-17/h13,15-17H,3-12H2,1-2H3,(H,19,20). The molecular formula is C18H31N3. The van der Waals surface area contributed by atoms with Crippen molar-refractivity contribution < 1.29 is 0 Å².